The fraction of sp³-hybridized carbons (Fsp3) is 0.923. The second kappa shape index (κ2) is 7.67. The zero-order valence-electron chi connectivity index (χ0n) is 10.9. The lowest BCUT2D eigenvalue weighted by Crippen LogP contribution is -2.36. The van der Waals surface area contributed by atoms with Gasteiger partial charge in [0.1, 0.15) is 0 Å². The van der Waals surface area contributed by atoms with Crippen LogP contribution in [0.5, 0.6) is 0 Å². The van der Waals surface area contributed by atoms with Crippen LogP contribution in [0.15, 0.2) is 0 Å². The largest absolute Gasteiger partial charge is 0.393 e. The van der Waals surface area contributed by atoms with Crippen molar-refractivity contribution in [3.05, 3.63) is 0 Å². The van der Waals surface area contributed by atoms with E-state index >= 15 is 0 Å². The van der Waals surface area contributed by atoms with Crippen molar-refractivity contribution in [1.29, 1.82) is 0 Å². The molecule has 3 unspecified atom stereocenters. The van der Waals surface area contributed by atoms with Crippen LogP contribution >= 0.6 is 0 Å². The molecule has 1 aliphatic rings. The van der Waals surface area contributed by atoms with Crippen LogP contribution in [-0.4, -0.2) is 37.4 Å². The van der Waals surface area contributed by atoms with Crippen LogP contribution in [0.4, 0.5) is 0 Å². The lowest BCUT2D eigenvalue weighted by Gasteiger charge is -2.26. The molecule has 0 bridgehead atoms. The summed E-state index contributed by atoms with van der Waals surface area (Å²) in [4.78, 5) is 11.7. The van der Waals surface area contributed by atoms with E-state index in [1.54, 1.807) is 7.11 Å². The average Bonchev–Trinajstić information content (AvgIpc) is 2.33. The van der Waals surface area contributed by atoms with Crippen LogP contribution in [-0.2, 0) is 9.53 Å². The summed E-state index contributed by atoms with van der Waals surface area (Å²) < 4.78 is 4.96. The van der Waals surface area contributed by atoms with Gasteiger partial charge in [0, 0.05) is 26.2 Å². The van der Waals surface area contributed by atoms with Crippen LogP contribution < -0.4 is 5.32 Å². The number of rotatable bonds is 6. The first-order valence-electron chi connectivity index (χ1n) is 6.58. The molecule has 0 aromatic heterocycles. The highest BCUT2D eigenvalue weighted by atomic mass is 16.5. The van der Waals surface area contributed by atoms with Gasteiger partial charge in [-0.25, -0.2) is 0 Å². The number of carbonyl (C=O) groups is 1. The minimum absolute atomic E-state index is 0.00321. The zero-order chi connectivity index (χ0) is 12.7. The molecule has 4 heteroatoms. The second-order valence-corrected chi connectivity index (χ2v) is 5.11. The summed E-state index contributed by atoms with van der Waals surface area (Å²) in [6, 6.07) is 0. The third kappa shape index (κ3) is 5.50. The molecule has 1 aliphatic carbocycles. The van der Waals surface area contributed by atoms with E-state index in [4.69, 9.17) is 4.74 Å². The number of aliphatic hydroxyl groups is 1. The molecule has 0 spiro atoms. The molecule has 2 N–H and O–H groups in total. The number of hydrogen-bond donors (Lipinski definition) is 2. The van der Waals surface area contributed by atoms with Gasteiger partial charge in [0.05, 0.1) is 6.10 Å². The van der Waals surface area contributed by atoms with Gasteiger partial charge in [-0.05, 0) is 31.6 Å². The maximum Gasteiger partial charge on any atom is 0.222 e. The van der Waals surface area contributed by atoms with Gasteiger partial charge in [-0.1, -0.05) is 13.3 Å². The van der Waals surface area contributed by atoms with E-state index < -0.39 is 0 Å². The molecule has 3 atom stereocenters. The number of hydrogen-bond acceptors (Lipinski definition) is 3. The zero-order valence-corrected chi connectivity index (χ0v) is 10.9. The Morgan fingerprint density at radius 3 is 2.94 bits per heavy atom. The SMILES string of the molecule is COCCC(C)C(=O)NCC1CCCC(O)C1. The predicted octanol–water partition coefficient (Wildman–Crippen LogP) is 1.33. The number of ether oxygens (including phenoxy) is 1. The number of nitrogens with one attached hydrogen (secondary N) is 1. The topological polar surface area (TPSA) is 58.6 Å². The van der Waals surface area contributed by atoms with Gasteiger partial charge >= 0.3 is 0 Å². The summed E-state index contributed by atoms with van der Waals surface area (Å²) in [6.45, 7) is 3.24. The first kappa shape index (κ1) is 14.5. The van der Waals surface area contributed by atoms with Gasteiger partial charge in [0.15, 0.2) is 0 Å². The highest BCUT2D eigenvalue weighted by molar-refractivity contribution is 5.78. The van der Waals surface area contributed by atoms with Crippen LogP contribution in [0.25, 0.3) is 0 Å². The third-order valence-electron chi connectivity index (χ3n) is 3.52. The number of carbonyl (C=O) groups excluding carboxylic acids is 1. The number of amides is 1. The van der Waals surface area contributed by atoms with Gasteiger partial charge in [0.2, 0.25) is 5.91 Å². The third-order valence-corrected chi connectivity index (χ3v) is 3.52. The molecule has 0 aromatic carbocycles. The first-order valence-corrected chi connectivity index (χ1v) is 6.58. The minimum atomic E-state index is -0.170. The van der Waals surface area contributed by atoms with Crippen molar-refractivity contribution in [3.63, 3.8) is 0 Å². The van der Waals surface area contributed by atoms with E-state index in [1.165, 1.54) is 0 Å². The standard InChI is InChI=1S/C13H25NO3/c1-10(6-7-17-2)13(16)14-9-11-4-3-5-12(15)8-11/h10-12,15H,3-9H2,1-2H3,(H,14,16). The molecule has 0 radical (unpaired) electrons. The molecule has 100 valence electrons. The monoisotopic (exact) mass is 243 g/mol. The molecular weight excluding hydrogens is 218 g/mol. The maximum atomic E-state index is 11.7. The minimum Gasteiger partial charge on any atom is -0.393 e. The molecule has 0 aromatic rings. The summed E-state index contributed by atoms with van der Waals surface area (Å²) in [7, 11) is 1.65. The van der Waals surface area contributed by atoms with E-state index in [0.717, 1.165) is 32.1 Å². The predicted molar refractivity (Wildman–Crippen MR) is 66.6 cm³/mol. The molecule has 1 saturated carbocycles. The van der Waals surface area contributed by atoms with Gasteiger partial charge < -0.3 is 15.2 Å². The van der Waals surface area contributed by atoms with Crippen LogP contribution in [0.1, 0.15) is 39.0 Å². The molecular formula is C13H25NO3. The van der Waals surface area contributed by atoms with E-state index in [-0.39, 0.29) is 17.9 Å². The second-order valence-electron chi connectivity index (χ2n) is 5.11. The van der Waals surface area contributed by atoms with Crippen LogP contribution in [0.2, 0.25) is 0 Å². The maximum absolute atomic E-state index is 11.7. The molecule has 1 amide bonds. The first-order chi connectivity index (χ1) is 8.13. The molecule has 1 rings (SSSR count). The Labute approximate surface area is 104 Å². The van der Waals surface area contributed by atoms with Gasteiger partial charge in [0.25, 0.3) is 0 Å². The number of methoxy groups -OCH3 is 1. The highest BCUT2D eigenvalue weighted by Gasteiger charge is 2.21. The van der Waals surface area contributed by atoms with Crippen molar-refractivity contribution in [2.24, 2.45) is 11.8 Å². The highest BCUT2D eigenvalue weighted by Crippen LogP contribution is 2.23. The van der Waals surface area contributed by atoms with Gasteiger partial charge in [-0.15, -0.1) is 0 Å². The van der Waals surface area contributed by atoms with Crippen molar-refractivity contribution in [2.45, 2.75) is 45.1 Å². The normalized spacial score (nSPS) is 26.5. The van der Waals surface area contributed by atoms with E-state index in [2.05, 4.69) is 5.32 Å². The van der Waals surface area contributed by atoms with Crippen molar-refractivity contribution in [3.8, 4) is 0 Å². The Bertz CT molecular complexity index is 233. The van der Waals surface area contributed by atoms with E-state index in [9.17, 15) is 9.90 Å². The summed E-state index contributed by atoms with van der Waals surface area (Å²) in [5, 5.41) is 12.5. The van der Waals surface area contributed by atoms with Crippen LogP contribution in [0, 0.1) is 11.8 Å². The van der Waals surface area contributed by atoms with Crippen LogP contribution in [0.3, 0.4) is 0 Å². The Morgan fingerprint density at radius 1 is 1.53 bits per heavy atom. The lowest BCUT2D eigenvalue weighted by molar-refractivity contribution is -0.125. The molecule has 0 aliphatic heterocycles. The molecule has 0 saturated heterocycles. The van der Waals surface area contributed by atoms with E-state index in [1.807, 2.05) is 6.92 Å². The smallest absolute Gasteiger partial charge is 0.222 e. The van der Waals surface area contributed by atoms with Gasteiger partial charge in [-0.3, -0.25) is 4.79 Å². The summed E-state index contributed by atoms with van der Waals surface area (Å²) in [6.07, 6.45) is 4.51. The molecule has 17 heavy (non-hydrogen) atoms. The van der Waals surface area contributed by atoms with Crippen molar-refractivity contribution < 1.29 is 14.6 Å². The Morgan fingerprint density at radius 2 is 2.29 bits per heavy atom. The van der Waals surface area contributed by atoms with Gasteiger partial charge in [-0.2, -0.15) is 0 Å². The molecule has 0 heterocycles. The Balaban J connectivity index is 2.18. The van der Waals surface area contributed by atoms with Crippen molar-refractivity contribution >= 4 is 5.91 Å². The Kier molecular flexibility index (Phi) is 6.52. The summed E-state index contributed by atoms with van der Waals surface area (Å²) in [5.74, 6) is 0.544. The van der Waals surface area contributed by atoms with Crippen molar-refractivity contribution in [1.82, 2.24) is 5.32 Å². The molecule has 1 fully saturated rings. The van der Waals surface area contributed by atoms with E-state index in [0.29, 0.717) is 19.1 Å². The summed E-state index contributed by atoms with van der Waals surface area (Å²) in [5.41, 5.74) is 0. The quantitative estimate of drug-likeness (QED) is 0.740. The van der Waals surface area contributed by atoms with Crippen molar-refractivity contribution in [2.75, 3.05) is 20.3 Å². The Hall–Kier alpha value is -0.610. The average molecular weight is 243 g/mol. The fourth-order valence-electron chi connectivity index (χ4n) is 2.29. The lowest BCUT2D eigenvalue weighted by atomic mass is 9.87. The summed E-state index contributed by atoms with van der Waals surface area (Å²) >= 11 is 0. The molecule has 4 nitrogen and oxygen atoms in total. The number of aliphatic hydroxyl groups excluding tert-OH is 1. The fourth-order valence-corrected chi connectivity index (χ4v) is 2.29.